The largest absolute Gasteiger partial charge is 0.508 e. The summed E-state index contributed by atoms with van der Waals surface area (Å²) in [4.78, 5) is 2.66. The number of hydrogen-bond donors (Lipinski definition) is 2. The lowest BCUT2D eigenvalue weighted by Gasteiger charge is -2.37. The molecular formula is C15H22N2O. The topological polar surface area (TPSA) is 49.5 Å². The van der Waals surface area contributed by atoms with Crippen LogP contribution in [0.1, 0.15) is 31.2 Å². The van der Waals surface area contributed by atoms with E-state index in [4.69, 9.17) is 5.73 Å². The van der Waals surface area contributed by atoms with Crippen molar-refractivity contribution in [3.8, 4) is 5.75 Å². The van der Waals surface area contributed by atoms with Crippen LogP contribution >= 0.6 is 0 Å². The van der Waals surface area contributed by atoms with Gasteiger partial charge in [-0.2, -0.15) is 0 Å². The second-order valence-electron chi connectivity index (χ2n) is 5.77. The van der Waals surface area contributed by atoms with Crippen molar-refractivity contribution in [1.82, 2.24) is 4.90 Å². The van der Waals surface area contributed by atoms with Gasteiger partial charge in [0.15, 0.2) is 0 Å². The van der Waals surface area contributed by atoms with Crippen molar-refractivity contribution in [1.29, 1.82) is 0 Å². The van der Waals surface area contributed by atoms with Crippen LogP contribution in [0, 0.1) is 0 Å². The summed E-state index contributed by atoms with van der Waals surface area (Å²) in [6, 6.07) is 9.45. The minimum Gasteiger partial charge on any atom is -0.508 e. The smallest absolute Gasteiger partial charge is 0.115 e. The van der Waals surface area contributed by atoms with Crippen molar-refractivity contribution in [2.75, 3.05) is 6.54 Å². The zero-order valence-electron chi connectivity index (χ0n) is 10.8. The van der Waals surface area contributed by atoms with E-state index in [1.807, 2.05) is 12.1 Å². The van der Waals surface area contributed by atoms with Crippen LogP contribution in [0.5, 0.6) is 5.75 Å². The van der Waals surface area contributed by atoms with Gasteiger partial charge in [-0.05, 0) is 49.8 Å². The van der Waals surface area contributed by atoms with Gasteiger partial charge in [0.1, 0.15) is 5.75 Å². The van der Waals surface area contributed by atoms with Crippen molar-refractivity contribution >= 4 is 0 Å². The number of benzene rings is 1. The van der Waals surface area contributed by atoms with Gasteiger partial charge in [0.2, 0.25) is 0 Å². The lowest BCUT2D eigenvalue weighted by atomic mass is 9.97. The fourth-order valence-corrected chi connectivity index (χ4v) is 3.60. The summed E-state index contributed by atoms with van der Waals surface area (Å²) >= 11 is 0. The first kappa shape index (κ1) is 12.0. The third-order valence-electron chi connectivity index (χ3n) is 4.52. The van der Waals surface area contributed by atoms with E-state index in [1.54, 1.807) is 12.1 Å². The summed E-state index contributed by atoms with van der Waals surface area (Å²) < 4.78 is 0. The van der Waals surface area contributed by atoms with E-state index < -0.39 is 0 Å². The lowest BCUT2D eigenvalue weighted by Crippen LogP contribution is -2.48. The Bertz CT molecular complexity index is 389. The number of phenolic OH excluding ortho intramolecular Hbond substituents is 1. The minimum atomic E-state index is 0.350. The van der Waals surface area contributed by atoms with E-state index in [9.17, 15) is 5.11 Å². The first-order valence-corrected chi connectivity index (χ1v) is 7.01. The molecule has 2 atom stereocenters. The summed E-state index contributed by atoms with van der Waals surface area (Å²) in [7, 11) is 0. The predicted molar refractivity (Wildman–Crippen MR) is 72.5 cm³/mol. The zero-order valence-corrected chi connectivity index (χ0v) is 10.8. The SMILES string of the molecule is NC1CC2CCC(C1)N2CCc1ccc(O)cc1. The molecular weight excluding hydrogens is 224 g/mol. The van der Waals surface area contributed by atoms with Crippen molar-refractivity contribution in [3.05, 3.63) is 29.8 Å². The monoisotopic (exact) mass is 246 g/mol. The molecule has 0 aliphatic carbocycles. The number of nitrogens with zero attached hydrogens (tertiary/aromatic N) is 1. The Kier molecular flexibility index (Phi) is 3.27. The normalized spacial score (nSPS) is 31.7. The maximum atomic E-state index is 9.27. The minimum absolute atomic E-state index is 0.350. The fraction of sp³-hybridized carbons (Fsp3) is 0.600. The first-order chi connectivity index (χ1) is 8.72. The summed E-state index contributed by atoms with van der Waals surface area (Å²) in [6.45, 7) is 1.13. The van der Waals surface area contributed by atoms with Crippen LogP contribution in [-0.4, -0.2) is 34.7 Å². The van der Waals surface area contributed by atoms with E-state index in [2.05, 4.69) is 4.90 Å². The van der Waals surface area contributed by atoms with Gasteiger partial charge in [-0.1, -0.05) is 12.1 Å². The second kappa shape index (κ2) is 4.90. The Morgan fingerprint density at radius 3 is 2.33 bits per heavy atom. The number of aromatic hydroxyl groups is 1. The first-order valence-electron chi connectivity index (χ1n) is 7.01. The highest BCUT2D eigenvalue weighted by molar-refractivity contribution is 5.26. The number of phenols is 1. The molecule has 0 saturated carbocycles. The molecule has 1 aromatic carbocycles. The van der Waals surface area contributed by atoms with Crippen molar-refractivity contribution < 1.29 is 5.11 Å². The zero-order chi connectivity index (χ0) is 12.5. The average molecular weight is 246 g/mol. The molecule has 2 unspecified atom stereocenters. The van der Waals surface area contributed by atoms with Crippen LogP contribution in [0.2, 0.25) is 0 Å². The highest BCUT2D eigenvalue weighted by Crippen LogP contribution is 2.34. The second-order valence-corrected chi connectivity index (χ2v) is 5.77. The molecule has 3 rings (SSSR count). The van der Waals surface area contributed by atoms with Crippen LogP contribution in [0.3, 0.4) is 0 Å². The van der Waals surface area contributed by atoms with Crippen molar-refractivity contribution in [3.63, 3.8) is 0 Å². The fourth-order valence-electron chi connectivity index (χ4n) is 3.60. The number of nitrogens with two attached hydrogens (primary N) is 1. The molecule has 0 amide bonds. The van der Waals surface area contributed by atoms with E-state index in [0.29, 0.717) is 11.8 Å². The predicted octanol–water partition coefficient (Wildman–Crippen LogP) is 1.89. The van der Waals surface area contributed by atoms with Gasteiger partial charge in [0, 0.05) is 24.7 Å². The molecule has 2 heterocycles. The lowest BCUT2D eigenvalue weighted by molar-refractivity contribution is 0.129. The molecule has 0 radical (unpaired) electrons. The third-order valence-corrected chi connectivity index (χ3v) is 4.52. The molecule has 3 heteroatoms. The maximum absolute atomic E-state index is 9.27. The number of fused-ring (bicyclic) bond motifs is 2. The molecule has 2 saturated heterocycles. The van der Waals surface area contributed by atoms with Crippen LogP contribution in [0.15, 0.2) is 24.3 Å². The number of rotatable bonds is 3. The van der Waals surface area contributed by atoms with Gasteiger partial charge < -0.3 is 10.8 Å². The van der Waals surface area contributed by atoms with E-state index >= 15 is 0 Å². The van der Waals surface area contributed by atoms with E-state index in [-0.39, 0.29) is 0 Å². The highest BCUT2D eigenvalue weighted by Gasteiger charge is 2.38. The molecule has 1 aromatic rings. The summed E-state index contributed by atoms with van der Waals surface area (Å²) in [6.07, 6.45) is 6.07. The number of hydrogen-bond acceptors (Lipinski definition) is 3. The Morgan fingerprint density at radius 1 is 1.11 bits per heavy atom. The van der Waals surface area contributed by atoms with Gasteiger partial charge in [0.25, 0.3) is 0 Å². The molecule has 18 heavy (non-hydrogen) atoms. The highest BCUT2D eigenvalue weighted by atomic mass is 16.3. The molecule has 0 aromatic heterocycles. The van der Waals surface area contributed by atoms with Gasteiger partial charge >= 0.3 is 0 Å². The molecule has 2 aliphatic rings. The molecule has 0 spiro atoms. The van der Waals surface area contributed by atoms with Gasteiger partial charge in [-0.3, -0.25) is 4.90 Å². The molecule has 2 fully saturated rings. The van der Waals surface area contributed by atoms with Crippen LogP contribution < -0.4 is 5.73 Å². The summed E-state index contributed by atoms with van der Waals surface area (Å²) in [5, 5.41) is 9.27. The average Bonchev–Trinajstić information content (AvgIpc) is 2.60. The van der Waals surface area contributed by atoms with Crippen LogP contribution in [0.4, 0.5) is 0 Å². The molecule has 2 aliphatic heterocycles. The third kappa shape index (κ3) is 2.38. The molecule has 2 bridgehead atoms. The van der Waals surface area contributed by atoms with E-state index in [1.165, 1.54) is 31.2 Å². The molecule has 3 nitrogen and oxygen atoms in total. The van der Waals surface area contributed by atoms with Gasteiger partial charge in [0.05, 0.1) is 0 Å². The van der Waals surface area contributed by atoms with Crippen molar-refractivity contribution in [2.24, 2.45) is 5.73 Å². The Balaban J connectivity index is 1.59. The van der Waals surface area contributed by atoms with Crippen molar-refractivity contribution in [2.45, 2.75) is 50.2 Å². The standard InChI is InChI=1S/C15H22N2O/c16-12-9-13-3-4-14(10-12)17(13)8-7-11-1-5-15(18)6-2-11/h1-2,5-6,12-14,18H,3-4,7-10,16H2. The van der Waals surface area contributed by atoms with Gasteiger partial charge in [-0.15, -0.1) is 0 Å². The Morgan fingerprint density at radius 2 is 1.72 bits per heavy atom. The Labute approximate surface area is 109 Å². The summed E-state index contributed by atoms with van der Waals surface area (Å²) in [5.41, 5.74) is 7.39. The van der Waals surface area contributed by atoms with Crippen LogP contribution in [-0.2, 0) is 6.42 Å². The van der Waals surface area contributed by atoms with E-state index in [0.717, 1.165) is 25.0 Å². The Hall–Kier alpha value is -1.06. The number of piperidine rings is 1. The van der Waals surface area contributed by atoms with Gasteiger partial charge in [-0.25, -0.2) is 0 Å². The summed E-state index contributed by atoms with van der Waals surface area (Å²) in [5.74, 6) is 0.350. The maximum Gasteiger partial charge on any atom is 0.115 e. The molecule has 98 valence electrons. The van der Waals surface area contributed by atoms with Crippen LogP contribution in [0.25, 0.3) is 0 Å². The molecule has 3 N–H and O–H groups in total. The quantitative estimate of drug-likeness (QED) is 0.856.